The lowest BCUT2D eigenvalue weighted by Crippen LogP contribution is -2.53. The minimum atomic E-state index is -4.63. The van der Waals surface area contributed by atoms with E-state index in [-0.39, 0.29) is 24.1 Å². The summed E-state index contributed by atoms with van der Waals surface area (Å²) >= 11 is 0. The number of nitriles is 1. The van der Waals surface area contributed by atoms with Gasteiger partial charge in [0, 0.05) is 44.4 Å². The van der Waals surface area contributed by atoms with Crippen LogP contribution in [-0.4, -0.2) is 62.6 Å². The molecule has 2 aliphatic heterocycles. The summed E-state index contributed by atoms with van der Waals surface area (Å²) in [5, 5.41) is 9.32. The van der Waals surface area contributed by atoms with Crippen LogP contribution in [0.4, 0.5) is 13.2 Å². The first-order valence-electron chi connectivity index (χ1n) is 16.1. The van der Waals surface area contributed by atoms with Gasteiger partial charge in [0.2, 0.25) is 6.67 Å². The second-order valence-corrected chi connectivity index (χ2v) is 13.5. The van der Waals surface area contributed by atoms with E-state index in [1.807, 2.05) is 24.0 Å². The number of aromatic nitrogens is 2. The van der Waals surface area contributed by atoms with Crippen LogP contribution in [0.5, 0.6) is 0 Å². The van der Waals surface area contributed by atoms with E-state index < -0.39 is 22.8 Å². The van der Waals surface area contributed by atoms with Gasteiger partial charge in [-0.05, 0) is 68.5 Å². The number of pyridine rings is 1. The Bertz CT molecular complexity index is 1670. The molecule has 0 amide bonds. The molecule has 1 aromatic carbocycles. The Balaban J connectivity index is 1.32. The van der Waals surface area contributed by atoms with Crippen LogP contribution in [0, 0.1) is 22.7 Å². The van der Waals surface area contributed by atoms with E-state index in [1.165, 1.54) is 36.2 Å². The van der Waals surface area contributed by atoms with Crippen LogP contribution in [-0.2, 0) is 12.7 Å². The number of nitrogens with one attached hydrogen (secondary N) is 1. The first kappa shape index (κ1) is 31.4. The maximum absolute atomic E-state index is 14.3. The summed E-state index contributed by atoms with van der Waals surface area (Å²) in [5.41, 5.74) is 3.68. The molecule has 4 heterocycles. The number of unbranched alkanes of at least 4 members (excludes halogenated alkanes) is 3. The lowest BCUT2D eigenvalue weighted by atomic mass is 9.71. The van der Waals surface area contributed by atoms with E-state index in [4.69, 9.17) is 0 Å². The minimum absolute atomic E-state index is 0.0709. The van der Waals surface area contributed by atoms with Crippen LogP contribution in [0.3, 0.4) is 0 Å². The molecule has 1 N–H and O–H groups in total. The lowest BCUT2D eigenvalue weighted by molar-refractivity contribution is -0.570. The molecule has 0 radical (unpaired) electrons. The van der Waals surface area contributed by atoms with Gasteiger partial charge in [0.25, 0.3) is 0 Å². The average molecular weight is 623 g/mol. The predicted molar refractivity (Wildman–Crippen MR) is 167 cm³/mol. The molecule has 45 heavy (non-hydrogen) atoms. The van der Waals surface area contributed by atoms with Crippen molar-refractivity contribution in [3.63, 3.8) is 0 Å². The van der Waals surface area contributed by atoms with Gasteiger partial charge in [0.1, 0.15) is 6.17 Å². The van der Waals surface area contributed by atoms with Crippen LogP contribution < -0.4 is 11.1 Å². The molecule has 2 aromatic heterocycles. The first-order chi connectivity index (χ1) is 21.5. The number of hydrogen-bond acceptors (Lipinski definition) is 5. The molecule has 1 saturated carbocycles. The van der Waals surface area contributed by atoms with E-state index in [0.717, 1.165) is 48.4 Å². The summed E-state index contributed by atoms with van der Waals surface area (Å²) in [4.78, 5) is 18.0. The quantitative estimate of drug-likeness (QED) is 0.231. The Morgan fingerprint density at radius 2 is 1.98 bits per heavy atom. The highest BCUT2D eigenvalue weighted by molar-refractivity contribution is 5.58. The van der Waals surface area contributed by atoms with Gasteiger partial charge in [-0.1, -0.05) is 38.3 Å². The summed E-state index contributed by atoms with van der Waals surface area (Å²) in [7, 11) is 2.12. The molecule has 1 unspecified atom stereocenters. The Morgan fingerprint density at radius 3 is 2.64 bits per heavy atom. The molecule has 3 aromatic rings. The maximum atomic E-state index is 14.3. The van der Waals surface area contributed by atoms with Gasteiger partial charge in [-0.3, -0.25) is 13.9 Å². The van der Waals surface area contributed by atoms with Crippen LogP contribution in [0.25, 0.3) is 11.2 Å². The zero-order chi connectivity index (χ0) is 31.9. The van der Waals surface area contributed by atoms with Crippen molar-refractivity contribution >= 4 is 11.7 Å². The van der Waals surface area contributed by atoms with Crippen molar-refractivity contribution in [3.8, 4) is 11.8 Å². The molecule has 2 saturated heterocycles. The topological polar surface area (TPSA) is 71.7 Å². The van der Waals surface area contributed by atoms with Gasteiger partial charge < -0.3 is 0 Å². The van der Waals surface area contributed by atoms with Crippen molar-refractivity contribution in [2.45, 2.75) is 83.6 Å². The molecule has 8 nitrogen and oxygen atoms in total. The summed E-state index contributed by atoms with van der Waals surface area (Å²) in [5.74, 6) is 0.646. The number of rotatable bonds is 10. The summed E-state index contributed by atoms with van der Waals surface area (Å²) < 4.78 is 47.6. The minimum Gasteiger partial charge on any atom is -0.296 e. The molecule has 11 heteroatoms. The zero-order valence-electron chi connectivity index (χ0n) is 26.4. The van der Waals surface area contributed by atoms with E-state index in [0.29, 0.717) is 30.3 Å². The van der Waals surface area contributed by atoms with Crippen molar-refractivity contribution in [2.24, 2.45) is 11.3 Å². The van der Waals surface area contributed by atoms with Gasteiger partial charge in [-0.15, -0.1) is 4.68 Å². The fraction of sp³-hybridized carbons (Fsp3) is 0.559. The van der Waals surface area contributed by atoms with E-state index >= 15 is 0 Å². The molecular weight excluding hydrogens is 579 g/mol. The molecule has 3 aliphatic rings. The fourth-order valence-corrected chi connectivity index (χ4v) is 7.26. The van der Waals surface area contributed by atoms with E-state index in [1.54, 1.807) is 6.07 Å². The molecule has 0 spiro atoms. The third kappa shape index (κ3) is 6.27. The molecule has 6 rings (SSSR count). The van der Waals surface area contributed by atoms with Gasteiger partial charge in [0.05, 0.1) is 28.3 Å². The van der Waals surface area contributed by atoms with Crippen molar-refractivity contribution in [1.29, 1.82) is 5.26 Å². The number of hydrazone groups is 1. The lowest BCUT2D eigenvalue weighted by Gasteiger charge is -2.43. The second-order valence-electron chi connectivity index (χ2n) is 13.5. The molecule has 0 bridgehead atoms. The number of alkyl halides is 3. The largest absolute Gasteiger partial charge is 0.418 e. The van der Waals surface area contributed by atoms with Crippen molar-refractivity contribution in [1.82, 2.24) is 24.2 Å². The second kappa shape index (κ2) is 12.3. The molecular formula is C34H43F3N7O+. The highest BCUT2D eigenvalue weighted by Gasteiger charge is 2.43. The highest BCUT2D eigenvalue weighted by Crippen LogP contribution is 2.43. The third-order valence-corrected chi connectivity index (χ3v) is 9.79. The fourth-order valence-electron chi connectivity index (χ4n) is 7.26. The summed E-state index contributed by atoms with van der Waals surface area (Å²) in [6.07, 6.45) is 8.51. The number of nitrogens with zero attached hydrogens (tertiary/aromatic N) is 6. The predicted octanol–water partition coefficient (Wildman–Crippen LogP) is 5.74. The molecule has 240 valence electrons. The van der Waals surface area contributed by atoms with Crippen LogP contribution in [0.2, 0.25) is 0 Å². The van der Waals surface area contributed by atoms with Gasteiger partial charge in [-0.2, -0.15) is 23.9 Å². The number of likely N-dealkylation sites (tertiary alicyclic amines) is 1. The third-order valence-electron chi connectivity index (χ3n) is 9.79. The summed E-state index contributed by atoms with van der Waals surface area (Å²) in [6.45, 7) is 6.02. The molecule has 2 atom stereocenters. The smallest absolute Gasteiger partial charge is 0.296 e. The number of benzene rings is 1. The Hall–Kier alpha value is -3.62. The zero-order valence-corrected chi connectivity index (χ0v) is 26.4. The van der Waals surface area contributed by atoms with Gasteiger partial charge >= 0.3 is 11.9 Å². The number of likely N-dealkylation sites (N-methyl/N-ethyl adjacent to an activating group) is 1. The van der Waals surface area contributed by atoms with E-state index in [2.05, 4.69) is 47.3 Å². The maximum Gasteiger partial charge on any atom is 0.418 e. The molecule has 3 fully saturated rings. The standard InChI is InChI=1S/C34H43F3N7O/c1-4-5-6-7-14-42-23-40(3)31(39-42)30(25-10-8-11-25)26-12-9-13-27(16-26)43-19-29-28(34(35,36)37)15-24(18-44(29)32(43)45)17-41-21-33(2,20-38)22-41/h9,12-16,18-19,25,30-31,39H,4-8,10-11,17,21-23H2,1-3H3/q+1/b42-14-/t30-,31?/m1/s1. The Morgan fingerprint density at radius 1 is 1.20 bits per heavy atom. The number of halogens is 3. The Labute approximate surface area is 262 Å². The van der Waals surface area contributed by atoms with Gasteiger partial charge in [-0.25, -0.2) is 9.69 Å². The Kier molecular flexibility index (Phi) is 8.57. The monoisotopic (exact) mass is 622 g/mol. The van der Waals surface area contributed by atoms with Crippen LogP contribution >= 0.6 is 0 Å². The van der Waals surface area contributed by atoms with Crippen LogP contribution in [0.15, 0.2) is 47.5 Å². The number of fused-ring (bicyclic) bond motifs is 1. The SMILES string of the molecule is CCCCC/C=[N+]1/CN(C)C([C@@H](c2cccc(-n3cc4c(C(F)(F)F)cc(CN5CC(C)(C#N)C5)cn4c3=O)c2)C2CCC2)N1. The normalized spacial score (nSPS) is 22.2. The van der Waals surface area contributed by atoms with Crippen molar-refractivity contribution < 1.29 is 17.9 Å². The van der Waals surface area contributed by atoms with Gasteiger partial charge in [0.15, 0.2) is 6.21 Å². The van der Waals surface area contributed by atoms with Crippen molar-refractivity contribution in [3.05, 3.63) is 69.9 Å². The molecule has 1 aliphatic carbocycles. The first-order valence-corrected chi connectivity index (χ1v) is 16.1. The highest BCUT2D eigenvalue weighted by atomic mass is 19.4. The van der Waals surface area contributed by atoms with E-state index in [9.17, 15) is 23.2 Å². The number of hydrogen-bond donors (Lipinski definition) is 1. The number of hydrazine groups is 1. The van der Waals surface area contributed by atoms with Crippen LogP contribution in [0.1, 0.15) is 81.4 Å². The summed E-state index contributed by atoms with van der Waals surface area (Å²) in [6, 6.07) is 11.1. The number of imidazole rings is 1. The average Bonchev–Trinajstić information content (AvgIpc) is 3.50. The van der Waals surface area contributed by atoms with Crippen molar-refractivity contribution in [2.75, 3.05) is 26.8 Å².